The van der Waals surface area contributed by atoms with E-state index in [1.165, 1.54) is 4.31 Å². The van der Waals surface area contributed by atoms with E-state index in [1.54, 1.807) is 6.92 Å². The highest BCUT2D eigenvalue weighted by atomic mass is 32.2. The second kappa shape index (κ2) is 5.68. The normalized spacial score (nSPS) is 24.4. The average Bonchev–Trinajstić information content (AvgIpc) is 3.19. The summed E-state index contributed by atoms with van der Waals surface area (Å²) < 4.78 is 32.7. The van der Waals surface area contributed by atoms with Gasteiger partial charge in [0.05, 0.1) is 24.6 Å². The molecule has 0 radical (unpaired) electrons. The van der Waals surface area contributed by atoms with Crippen molar-refractivity contribution in [3.63, 3.8) is 0 Å². The molecule has 1 saturated carbocycles. The van der Waals surface area contributed by atoms with Crippen molar-refractivity contribution < 1.29 is 13.2 Å². The van der Waals surface area contributed by atoms with E-state index in [0.717, 1.165) is 12.8 Å². The Morgan fingerprint density at radius 3 is 2.90 bits per heavy atom. The molecule has 0 aromatic carbocycles. The Labute approximate surface area is 125 Å². The molecule has 0 amide bonds. The number of hydrogen-bond donors (Lipinski definition) is 2. The minimum atomic E-state index is -3.54. The zero-order valence-electron chi connectivity index (χ0n) is 12.4. The van der Waals surface area contributed by atoms with Crippen LogP contribution in [0.25, 0.3) is 0 Å². The number of nitrogens with zero attached hydrogens (tertiary/aromatic N) is 2. The van der Waals surface area contributed by atoms with Crippen molar-refractivity contribution in [1.29, 1.82) is 0 Å². The van der Waals surface area contributed by atoms with Gasteiger partial charge in [-0.2, -0.15) is 9.40 Å². The minimum absolute atomic E-state index is 0.151. The molecule has 1 aromatic rings. The number of aromatic amines is 1. The molecule has 21 heavy (non-hydrogen) atoms. The summed E-state index contributed by atoms with van der Waals surface area (Å²) in [5.74, 6) is 0. The third-order valence-electron chi connectivity index (χ3n) is 3.97. The molecule has 2 N–H and O–H groups in total. The number of aryl methyl sites for hydroxylation is 1. The molecular formula is C13H22N4O3S. The first-order valence-electron chi connectivity index (χ1n) is 7.37. The van der Waals surface area contributed by atoms with E-state index >= 15 is 0 Å². The summed E-state index contributed by atoms with van der Waals surface area (Å²) in [5, 5.41) is 10.3. The molecular weight excluding hydrogens is 292 g/mol. The van der Waals surface area contributed by atoms with Crippen LogP contribution in [0.3, 0.4) is 0 Å². The molecule has 1 aromatic heterocycles. The summed E-state index contributed by atoms with van der Waals surface area (Å²) in [5.41, 5.74) is 1.18. The summed E-state index contributed by atoms with van der Waals surface area (Å²) in [4.78, 5) is 0.324. The lowest BCUT2D eigenvalue weighted by atomic mass is 10.3. The smallest absolute Gasteiger partial charge is 0.247 e. The predicted octanol–water partition coefficient (Wildman–Crippen LogP) is 0.380. The van der Waals surface area contributed by atoms with Crippen molar-refractivity contribution in [3.05, 3.63) is 11.4 Å². The number of morpholine rings is 1. The van der Waals surface area contributed by atoms with Crippen LogP contribution in [0.15, 0.2) is 4.90 Å². The van der Waals surface area contributed by atoms with E-state index in [0.29, 0.717) is 48.6 Å². The van der Waals surface area contributed by atoms with Crippen molar-refractivity contribution in [2.24, 2.45) is 0 Å². The quantitative estimate of drug-likeness (QED) is 0.820. The number of sulfonamides is 1. The highest BCUT2D eigenvalue weighted by Gasteiger charge is 2.35. The molecule has 1 unspecified atom stereocenters. The summed E-state index contributed by atoms with van der Waals surface area (Å²) >= 11 is 0. The van der Waals surface area contributed by atoms with E-state index in [1.807, 2.05) is 6.92 Å². The maximum atomic E-state index is 12.9. The van der Waals surface area contributed by atoms with Crippen LogP contribution in [-0.2, 0) is 21.3 Å². The summed E-state index contributed by atoms with van der Waals surface area (Å²) in [7, 11) is -3.54. The number of H-pyrrole nitrogens is 1. The largest absolute Gasteiger partial charge is 0.378 e. The Morgan fingerprint density at radius 1 is 1.48 bits per heavy atom. The van der Waals surface area contributed by atoms with Gasteiger partial charge in [-0.3, -0.25) is 5.10 Å². The van der Waals surface area contributed by atoms with Gasteiger partial charge in [-0.25, -0.2) is 8.42 Å². The SMILES string of the molecule is Cc1[nH]nc(CNC2CC2)c1S(=O)(=O)N1CCOCC1C. The third-order valence-corrected chi connectivity index (χ3v) is 6.19. The molecule has 7 nitrogen and oxygen atoms in total. The van der Waals surface area contributed by atoms with Gasteiger partial charge in [-0.15, -0.1) is 0 Å². The maximum absolute atomic E-state index is 12.9. The van der Waals surface area contributed by atoms with Crippen molar-refractivity contribution in [1.82, 2.24) is 19.8 Å². The fourth-order valence-corrected chi connectivity index (χ4v) is 4.58. The molecule has 3 rings (SSSR count). The molecule has 2 heterocycles. The van der Waals surface area contributed by atoms with E-state index in [-0.39, 0.29) is 6.04 Å². The Bertz CT molecular complexity index is 609. The van der Waals surface area contributed by atoms with E-state index in [4.69, 9.17) is 4.74 Å². The molecule has 1 aliphatic carbocycles. The van der Waals surface area contributed by atoms with Crippen molar-refractivity contribution in [2.45, 2.75) is 50.2 Å². The van der Waals surface area contributed by atoms with Gasteiger partial charge < -0.3 is 10.1 Å². The molecule has 118 valence electrons. The van der Waals surface area contributed by atoms with E-state index in [9.17, 15) is 8.42 Å². The van der Waals surface area contributed by atoms with Crippen LogP contribution in [-0.4, -0.2) is 54.8 Å². The Morgan fingerprint density at radius 2 is 2.24 bits per heavy atom. The number of nitrogens with one attached hydrogen (secondary N) is 2. The van der Waals surface area contributed by atoms with Crippen LogP contribution in [0, 0.1) is 6.92 Å². The number of aromatic nitrogens is 2. The zero-order valence-corrected chi connectivity index (χ0v) is 13.2. The Hall–Kier alpha value is -0.960. The molecule has 8 heteroatoms. The van der Waals surface area contributed by atoms with Gasteiger partial charge >= 0.3 is 0 Å². The summed E-state index contributed by atoms with van der Waals surface area (Å²) in [6.45, 7) is 5.38. The van der Waals surface area contributed by atoms with Crippen LogP contribution in [0.1, 0.15) is 31.2 Å². The molecule has 0 spiro atoms. The standard InChI is InChI=1S/C13H22N4O3S/c1-9-8-20-6-5-17(9)21(18,19)13-10(2)15-16-12(13)7-14-11-3-4-11/h9,11,14H,3-8H2,1-2H3,(H,15,16). The topological polar surface area (TPSA) is 87.3 Å². The lowest BCUT2D eigenvalue weighted by Gasteiger charge is -2.32. The lowest BCUT2D eigenvalue weighted by Crippen LogP contribution is -2.47. The number of rotatable bonds is 5. The molecule has 2 aliphatic rings. The van der Waals surface area contributed by atoms with Crippen LogP contribution in [0.2, 0.25) is 0 Å². The van der Waals surface area contributed by atoms with Crippen molar-refractivity contribution >= 4 is 10.0 Å². The summed E-state index contributed by atoms with van der Waals surface area (Å²) in [6, 6.07) is 0.363. The van der Waals surface area contributed by atoms with Crippen LogP contribution in [0.5, 0.6) is 0 Å². The first kappa shape index (κ1) is 15.0. The second-order valence-electron chi connectivity index (χ2n) is 5.82. The summed E-state index contributed by atoms with van der Waals surface area (Å²) in [6.07, 6.45) is 2.32. The highest BCUT2D eigenvalue weighted by Crippen LogP contribution is 2.26. The van der Waals surface area contributed by atoms with E-state index in [2.05, 4.69) is 15.5 Å². The molecule has 1 atom stereocenters. The number of hydrogen-bond acceptors (Lipinski definition) is 5. The van der Waals surface area contributed by atoms with Gasteiger partial charge in [-0.1, -0.05) is 0 Å². The average molecular weight is 314 g/mol. The lowest BCUT2D eigenvalue weighted by molar-refractivity contribution is 0.0392. The van der Waals surface area contributed by atoms with Gasteiger partial charge in [0.2, 0.25) is 10.0 Å². The second-order valence-corrected chi connectivity index (χ2v) is 7.65. The van der Waals surface area contributed by atoms with Crippen LogP contribution < -0.4 is 5.32 Å². The van der Waals surface area contributed by atoms with Gasteiger partial charge in [0.15, 0.2) is 0 Å². The number of ether oxygens (including phenoxy) is 1. The first-order chi connectivity index (χ1) is 10.00. The minimum Gasteiger partial charge on any atom is -0.378 e. The third kappa shape index (κ3) is 2.98. The van der Waals surface area contributed by atoms with Crippen LogP contribution in [0.4, 0.5) is 0 Å². The highest BCUT2D eigenvalue weighted by molar-refractivity contribution is 7.89. The molecule has 2 fully saturated rings. The zero-order chi connectivity index (χ0) is 15.0. The molecule has 0 bridgehead atoms. The Kier molecular flexibility index (Phi) is 4.04. The predicted molar refractivity (Wildman–Crippen MR) is 77.4 cm³/mol. The van der Waals surface area contributed by atoms with Gasteiger partial charge in [-0.05, 0) is 26.7 Å². The van der Waals surface area contributed by atoms with Gasteiger partial charge in [0.25, 0.3) is 0 Å². The Balaban J connectivity index is 1.88. The molecule has 1 aliphatic heterocycles. The van der Waals surface area contributed by atoms with E-state index < -0.39 is 10.0 Å². The van der Waals surface area contributed by atoms with Crippen molar-refractivity contribution in [3.8, 4) is 0 Å². The fourth-order valence-electron chi connectivity index (χ4n) is 2.65. The van der Waals surface area contributed by atoms with Crippen LogP contribution >= 0.6 is 0 Å². The van der Waals surface area contributed by atoms with Gasteiger partial charge in [0, 0.05) is 25.2 Å². The molecule has 1 saturated heterocycles. The first-order valence-corrected chi connectivity index (χ1v) is 8.81. The van der Waals surface area contributed by atoms with Gasteiger partial charge in [0.1, 0.15) is 4.90 Å². The maximum Gasteiger partial charge on any atom is 0.247 e. The monoisotopic (exact) mass is 314 g/mol. The van der Waals surface area contributed by atoms with Crippen molar-refractivity contribution in [2.75, 3.05) is 19.8 Å². The fraction of sp³-hybridized carbons (Fsp3) is 0.769.